The van der Waals surface area contributed by atoms with Crippen LogP contribution in [-0.4, -0.2) is 41.9 Å². The Morgan fingerprint density at radius 3 is 2.87 bits per heavy atom. The van der Waals surface area contributed by atoms with E-state index in [0.29, 0.717) is 23.3 Å². The Labute approximate surface area is 99.3 Å². The molecule has 0 aliphatic carbocycles. The van der Waals surface area contributed by atoms with Crippen LogP contribution >= 0.6 is 15.9 Å². The van der Waals surface area contributed by atoms with Gasteiger partial charge in [0.25, 0.3) is 0 Å². The molecule has 86 valence electrons. The predicted octanol–water partition coefficient (Wildman–Crippen LogP) is 1.65. The maximum absolute atomic E-state index is 12.1. The molecule has 3 atom stereocenters. The molecule has 0 N–H and O–H groups in total. The number of likely N-dealkylation sites (tertiary alicyclic amines) is 1. The van der Waals surface area contributed by atoms with Crippen LogP contribution in [0.2, 0.25) is 0 Å². The fourth-order valence-electron chi connectivity index (χ4n) is 2.21. The van der Waals surface area contributed by atoms with E-state index in [1.807, 2.05) is 4.90 Å². The molecule has 0 bridgehead atoms. The smallest absolute Gasteiger partial charge is 0.228 e. The number of rotatable bonds is 1. The minimum Gasteiger partial charge on any atom is -0.381 e. The highest BCUT2D eigenvalue weighted by Gasteiger charge is 2.32. The first kappa shape index (κ1) is 11.4. The van der Waals surface area contributed by atoms with Crippen molar-refractivity contribution < 1.29 is 9.53 Å². The van der Waals surface area contributed by atoms with Gasteiger partial charge in [-0.15, -0.1) is 0 Å². The van der Waals surface area contributed by atoms with Crippen LogP contribution in [-0.2, 0) is 9.53 Å². The first-order valence-electron chi connectivity index (χ1n) is 5.69. The Bertz CT molecular complexity index is 241. The van der Waals surface area contributed by atoms with E-state index in [9.17, 15) is 4.79 Å². The van der Waals surface area contributed by atoms with Crippen molar-refractivity contribution >= 4 is 21.8 Å². The lowest BCUT2D eigenvalue weighted by atomic mass is 9.97. The number of carbonyl (C=O) groups is 1. The van der Waals surface area contributed by atoms with E-state index < -0.39 is 0 Å². The molecule has 2 saturated heterocycles. The zero-order valence-electron chi connectivity index (χ0n) is 9.12. The normalized spacial score (nSPS) is 36.9. The monoisotopic (exact) mass is 275 g/mol. The third-order valence-corrected chi connectivity index (χ3v) is 4.65. The highest BCUT2D eigenvalue weighted by molar-refractivity contribution is 9.09. The van der Waals surface area contributed by atoms with Gasteiger partial charge in [-0.2, -0.15) is 0 Å². The van der Waals surface area contributed by atoms with E-state index in [1.54, 1.807) is 0 Å². The lowest BCUT2D eigenvalue weighted by Crippen LogP contribution is -2.46. The Morgan fingerprint density at radius 1 is 1.47 bits per heavy atom. The first-order valence-corrected chi connectivity index (χ1v) is 6.60. The number of hydrogen-bond acceptors (Lipinski definition) is 2. The Morgan fingerprint density at radius 2 is 2.27 bits per heavy atom. The zero-order valence-corrected chi connectivity index (χ0v) is 10.7. The van der Waals surface area contributed by atoms with Crippen molar-refractivity contribution in [2.24, 2.45) is 11.8 Å². The van der Waals surface area contributed by atoms with Crippen LogP contribution in [0.25, 0.3) is 0 Å². The summed E-state index contributed by atoms with van der Waals surface area (Å²) < 4.78 is 5.26. The predicted molar refractivity (Wildman–Crippen MR) is 62.0 cm³/mol. The number of amides is 1. The molecule has 2 aliphatic heterocycles. The molecule has 2 fully saturated rings. The van der Waals surface area contributed by atoms with Gasteiger partial charge in [0.05, 0.1) is 12.5 Å². The maximum atomic E-state index is 12.1. The van der Waals surface area contributed by atoms with E-state index in [0.717, 1.165) is 32.5 Å². The molecule has 0 aromatic heterocycles. The number of halogens is 1. The minimum atomic E-state index is 0.123. The van der Waals surface area contributed by atoms with Crippen LogP contribution in [0.5, 0.6) is 0 Å². The highest BCUT2D eigenvalue weighted by Crippen LogP contribution is 2.25. The summed E-state index contributed by atoms with van der Waals surface area (Å²) in [4.78, 5) is 14.5. The quantitative estimate of drug-likeness (QED) is 0.682. The molecule has 3 nitrogen and oxygen atoms in total. The Balaban J connectivity index is 1.90. The zero-order chi connectivity index (χ0) is 10.8. The van der Waals surface area contributed by atoms with Crippen molar-refractivity contribution in [3.63, 3.8) is 0 Å². The van der Waals surface area contributed by atoms with E-state index in [4.69, 9.17) is 4.74 Å². The highest BCUT2D eigenvalue weighted by atomic mass is 79.9. The molecular formula is C11H18BrNO2. The average Bonchev–Trinajstić information content (AvgIpc) is 2.74. The maximum Gasteiger partial charge on any atom is 0.228 e. The van der Waals surface area contributed by atoms with Crippen molar-refractivity contribution in [1.82, 2.24) is 4.90 Å². The third-order valence-electron chi connectivity index (χ3n) is 3.46. The van der Waals surface area contributed by atoms with Crippen LogP contribution in [0.3, 0.4) is 0 Å². The molecular weight excluding hydrogens is 258 g/mol. The molecule has 0 aromatic carbocycles. The molecule has 15 heavy (non-hydrogen) atoms. The van der Waals surface area contributed by atoms with E-state index in [-0.39, 0.29) is 5.92 Å². The molecule has 2 aliphatic rings. The van der Waals surface area contributed by atoms with Crippen LogP contribution in [0, 0.1) is 11.8 Å². The summed E-state index contributed by atoms with van der Waals surface area (Å²) in [6.45, 7) is 5.38. The number of hydrogen-bond donors (Lipinski definition) is 0. The fourth-order valence-corrected chi connectivity index (χ4v) is 2.82. The number of piperidine rings is 1. The average molecular weight is 276 g/mol. The van der Waals surface area contributed by atoms with Crippen LogP contribution in [0.4, 0.5) is 0 Å². The lowest BCUT2D eigenvalue weighted by Gasteiger charge is -2.35. The summed E-state index contributed by atoms with van der Waals surface area (Å²) in [6.07, 6.45) is 2.01. The summed E-state index contributed by atoms with van der Waals surface area (Å²) in [5.74, 6) is 1.09. The van der Waals surface area contributed by atoms with Crippen molar-refractivity contribution in [2.45, 2.75) is 24.6 Å². The number of carbonyl (C=O) groups excluding carboxylic acids is 1. The second kappa shape index (κ2) is 4.83. The molecule has 0 radical (unpaired) electrons. The third kappa shape index (κ3) is 2.53. The van der Waals surface area contributed by atoms with Gasteiger partial charge in [0.15, 0.2) is 0 Å². The van der Waals surface area contributed by atoms with Crippen molar-refractivity contribution in [1.29, 1.82) is 0 Å². The van der Waals surface area contributed by atoms with Crippen LogP contribution < -0.4 is 0 Å². The first-order chi connectivity index (χ1) is 7.18. The fraction of sp³-hybridized carbons (Fsp3) is 0.909. The molecule has 2 rings (SSSR count). The SMILES string of the molecule is CC1CCN(C(=O)C2CCOC2)CC1Br. The largest absolute Gasteiger partial charge is 0.381 e. The number of alkyl halides is 1. The van der Waals surface area contributed by atoms with Gasteiger partial charge in [0, 0.05) is 24.5 Å². The van der Waals surface area contributed by atoms with Gasteiger partial charge in [-0.1, -0.05) is 22.9 Å². The van der Waals surface area contributed by atoms with Gasteiger partial charge < -0.3 is 9.64 Å². The van der Waals surface area contributed by atoms with Gasteiger partial charge in [-0.25, -0.2) is 0 Å². The van der Waals surface area contributed by atoms with Gasteiger partial charge in [0.1, 0.15) is 0 Å². The van der Waals surface area contributed by atoms with Gasteiger partial charge in [0.2, 0.25) is 5.91 Å². The van der Waals surface area contributed by atoms with Gasteiger partial charge >= 0.3 is 0 Å². The van der Waals surface area contributed by atoms with Crippen LogP contribution in [0.15, 0.2) is 0 Å². The standard InChI is InChI=1S/C11H18BrNO2/c1-8-2-4-13(6-10(8)12)11(14)9-3-5-15-7-9/h8-10H,2-7H2,1H3. The molecule has 3 unspecified atom stereocenters. The van der Waals surface area contributed by atoms with Crippen molar-refractivity contribution in [2.75, 3.05) is 26.3 Å². The molecule has 0 saturated carbocycles. The summed E-state index contributed by atoms with van der Waals surface area (Å²) in [6, 6.07) is 0. The lowest BCUT2D eigenvalue weighted by molar-refractivity contribution is -0.136. The summed E-state index contributed by atoms with van der Waals surface area (Å²) >= 11 is 3.65. The number of nitrogens with zero attached hydrogens (tertiary/aromatic N) is 1. The summed E-state index contributed by atoms with van der Waals surface area (Å²) in [5, 5.41) is 0. The van der Waals surface area contributed by atoms with E-state index in [1.165, 1.54) is 0 Å². The summed E-state index contributed by atoms with van der Waals surface area (Å²) in [5.41, 5.74) is 0. The van der Waals surface area contributed by atoms with E-state index in [2.05, 4.69) is 22.9 Å². The molecule has 4 heteroatoms. The number of ether oxygens (including phenoxy) is 1. The Hall–Kier alpha value is -0.0900. The second-order valence-electron chi connectivity index (χ2n) is 4.63. The minimum absolute atomic E-state index is 0.123. The topological polar surface area (TPSA) is 29.5 Å². The van der Waals surface area contributed by atoms with Crippen LogP contribution in [0.1, 0.15) is 19.8 Å². The summed E-state index contributed by atoms with van der Waals surface area (Å²) in [7, 11) is 0. The molecule has 0 aromatic rings. The molecule has 0 spiro atoms. The second-order valence-corrected chi connectivity index (χ2v) is 5.80. The molecule has 1 amide bonds. The van der Waals surface area contributed by atoms with E-state index >= 15 is 0 Å². The Kier molecular flexibility index (Phi) is 3.67. The van der Waals surface area contributed by atoms with Crippen molar-refractivity contribution in [3.05, 3.63) is 0 Å². The molecule has 2 heterocycles. The van der Waals surface area contributed by atoms with Crippen molar-refractivity contribution in [3.8, 4) is 0 Å². The van der Waals surface area contributed by atoms with Gasteiger partial charge in [-0.05, 0) is 18.8 Å². The van der Waals surface area contributed by atoms with Gasteiger partial charge in [-0.3, -0.25) is 4.79 Å².